The Morgan fingerprint density at radius 2 is 1.32 bits per heavy atom. The van der Waals surface area contributed by atoms with Crippen molar-refractivity contribution in [2.24, 2.45) is 22.9 Å². The van der Waals surface area contributed by atoms with Crippen LogP contribution in [0.1, 0.15) is 94.4 Å². The van der Waals surface area contributed by atoms with Gasteiger partial charge in [-0.15, -0.1) is 0 Å². The van der Waals surface area contributed by atoms with Crippen LogP contribution in [0.15, 0.2) is 143 Å². The topological polar surface area (TPSA) is 439 Å². The number of likely N-dealkylation sites (tertiary alicyclic amines) is 1. The first-order valence-corrected chi connectivity index (χ1v) is 34.9. The first-order valence-electron chi connectivity index (χ1n) is 31.5. The van der Waals surface area contributed by atoms with Gasteiger partial charge >= 0.3 is 5.97 Å². The molecule has 1 saturated heterocycles. The number of amides is 9. The van der Waals surface area contributed by atoms with Crippen LogP contribution in [0, 0.1) is 17.0 Å². The van der Waals surface area contributed by atoms with E-state index in [1.807, 2.05) is 20.8 Å². The maximum absolute atomic E-state index is 15.3. The number of nitro benzene ring substituents is 1. The lowest BCUT2D eigenvalue weighted by Gasteiger charge is -2.35. The molecule has 0 spiro atoms. The smallest absolute Gasteiger partial charge is 0.322 e. The molecule has 98 heavy (non-hydrogen) atoms. The zero-order chi connectivity index (χ0) is 71.9. The second-order valence-corrected chi connectivity index (χ2v) is 28.1. The van der Waals surface area contributed by atoms with Gasteiger partial charge in [0.15, 0.2) is 0 Å². The molecule has 0 radical (unpaired) electrons. The van der Waals surface area contributed by atoms with E-state index in [-0.39, 0.29) is 74.4 Å². The number of benzene rings is 5. The molecule has 5 aromatic rings. The van der Waals surface area contributed by atoms with Crippen molar-refractivity contribution >= 4 is 98.6 Å². The summed E-state index contributed by atoms with van der Waals surface area (Å²) in [7, 11) is -4.98. The number of aliphatic carboxylic acids is 1. The molecule has 1 heterocycles. The molecule has 1 aliphatic rings. The minimum atomic E-state index is -4.98. The second kappa shape index (κ2) is 36.8. The third-order valence-corrected chi connectivity index (χ3v) is 19.5. The van der Waals surface area contributed by atoms with Crippen LogP contribution in [-0.2, 0) is 76.6 Å². The molecule has 526 valence electrons. The number of hydrogen-bond donors (Lipinski definition) is 9. The van der Waals surface area contributed by atoms with Gasteiger partial charge in [0.1, 0.15) is 59.0 Å². The summed E-state index contributed by atoms with van der Waals surface area (Å²) in [6, 6.07) is 23.0. The van der Waals surface area contributed by atoms with Crippen molar-refractivity contribution in [3.63, 3.8) is 0 Å². The van der Waals surface area contributed by atoms with Gasteiger partial charge in [-0.2, -0.15) is 11.8 Å². The summed E-state index contributed by atoms with van der Waals surface area (Å²) in [5, 5.41) is 31.8. The van der Waals surface area contributed by atoms with Crippen LogP contribution in [0.3, 0.4) is 0 Å². The van der Waals surface area contributed by atoms with Gasteiger partial charge in [0.05, 0.1) is 22.3 Å². The minimum Gasteiger partial charge on any atom is -0.488 e. The molecule has 0 aliphatic carbocycles. The van der Waals surface area contributed by atoms with Gasteiger partial charge in [-0.3, -0.25) is 62.4 Å². The summed E-state index contributed by atoms with van der Waals surface area (Å²) >= 11 is 1.70. The number of hydrogen-bond acceptors (Lipinski definition) is 19. The molecule has 28 nitrogen and oxygen atoms in total. The van der Waals surface area contributed by atoms with E-state index in [2.05, 4.69) is 21.3 Å². The Kier molecular flexibility index (Phi) is 29.1. The summed E-state index contributed by atoms with van der Waals surface area (Å²) in [6.45, 7) is 6.31. The highest BCUT2D eigenvalue weighted by molar-refractivity contribution is 7.98. The lowest BCUT2D eigenvalue weighted by Crippen LogP contribution is -2.61. The highest BCUT2D eigenvalue weighted by Gasteiger charge is 2.48. The quantitative estimate of drug-likeness (QED) is 0.0119. The Hall–Kier alpha value is -9.43. The number of rotatable bonds is 37. The van der Waals surface area contributed by atoms with Crippen LogP contribution < -0.4 is 48.9 Å². The Morgan fingerprint density at radius 1 is 0.724 bits per heavy atom. The van der Waals surface area contributed by atoms with E-state index >= 15 is 19.2 Å². The van der Waals surface area contributed by atoms with Crippen LogP contribution in [0.4, 0.5) is 5.69 Å². The van der Waals surface area contributed by atoms with Crippen molar-refractivity contribution in [2.75, 3.05) is 25.4 Å². The standard InChI is InChI=1S/C67H84N12O16S3/c1-42-24-30-47(31-25-42)98(93,94)78(53(21-13-14-34-68)62(86)72-39-59(82)83)66(90)54-22-15-35-76(54)65(89)51(41-96-40-45-18-9-6-10-19-45)75-61(85)50(38-58(71)81)74-60(84)49(32-33-57(70)80)73-63(87)55(37-43-16-7-5-8-17-43)77(97-56-23-12-11-20-52(56)79(91)92)64(88)48(69)36-44-26-28-46(29-27-44)95-67(2,3)4/h5-12,16-20,23-31,48-51,53-55H,13-15,21-22,32-41,68-69H2,1-4H3,(H2,70,80)(H2,71,81)(H,72,86)(H,73,87)(H,74,84)(H,75,85)(H,82,83). The summed E-state index contributed by atoms with van der Waals surface area (Å²) in [5.74, 6) is -10.6. The van der Waals surface area contributed by atoms with Gasteiger partial charge in [0, 0.05) is 37.0 Å². The van der Waals surface area contributed by atoms with Gasteiger partial charge in [-0.25, -0.2) is 12.7 Å². The van der Waals surface area contributed by atoms with Crippen LogP contribution in [0.25, 0.3) is 0 Å². The predicted octanol–water partition coefficient (Wildman–Crippen LogP) is 3.53. The number of nitrogens with two attached hydrogens (primary N) is 4. The van der Waals surface area contributed by atoms with Gasteiger partial charge in [-0.1, -0.05) is 103 Å². The molecular formula is C67H84N12O16S3. The van der Waals surface area contributed by atoms with Gasteiger partial charge in [0.25, 0.3) is 27.5 Å². The van der Waals surface area contributed by atoms with E-state index in [4.69, 9.17) is 27.7 Å². The van der Waals surface area contributed by atoms with Crippen molar-refractivity contribution in [1.82, 2.24) is 34.8 Å². The number of carbonyl (C=O) groups is 10. The fourth-order valence-electron chi connectivity index (χ4n) is 10.6. The lowest BCUT2D eigenvalue weighted by atomic mass is 10.0. The monoisotopic (exact) mass is 1410 g/mol. The SMILES string of the molecule is Cc1ccc(S(=O)(=O)N(C(=O)C2CCCN2C(=O)C(CSCc2ccccc2)NC(=O)C(CC(N)=O)NC(=O)C(CCC(N)=O)NC(=O)C(Cc2ccccc2)N(Sc2ccccc2[N+](=O)[O-])C(=O)C(N)Cc2ccc(OC(C)(C)C)cc2)C(CCCCN)C(=O)NCC(=O)O)cc1. The maximum atomic E-state index is 15.3. The number of carbonyl (C=O) groups excluding carboxylic acids is 9. The minimum absolute atomic E-state index is 0.0762. The zero-order valence-corrected chi connectivity index (χ0v) is 57.2. The molecule has 13 N–H and O–H groups in total. The largest absolute Gasteiger partial charge is 0.488 e. The third kappa shape index (κ3) is 23.1. The van der Waals surface area contributed by atoms with Crippen LogP contribution >= 0.6 is 23.7 Å². The Labute approximate surface area is 576 Å². The van der Waals surface area contributed by atoms with Crippen molar-refractivity contribution < 1.29 is 71.1 Å². The predicted molar refractivity (Wildman–Crippen MR) is 366 cm³/mol. The number of carboxylic acids is 1. The molecule has 6 rings (SSSR count). The van der Waals surface area contributed by atoms with Crippen LogP contribution in [0.5, 0.6) is 5.75 Å². The fraction of sp³-hybridized carbons (Fsp3) is 0.403. The first kappa shape index (κ1) is 77.6. The zero-order valence-electron chi connectivity index (χ0n) is 54.7. The maximum Gasteiger partial charge on any atom is 0.322 e. The summed E-state index contributed by atoms with van der Waals surface area (Å²) in [6.07, 6.45) is -2.42. The summed E-state index contributed by atoms with van der Waals surface area (Å²) in [4.78, 5) is 154. The summed E-state index contributed by atoms with van der Waals surface area (Å²) < 4.78 is 37.0. The van der Waals surface area contributed by atoms with Gasteiger partial charge in [-0.05, 0) is 138 Å². The van der Waals surface area contributed by atoms with E-state index in [0.29, 0.717) is 38.7 Å². The third-order valence-electron chi connectivity index (χ3n) is 15.4. The number of carboxylic acid groups (broad SMARTS) is 1. The number of ether oxygens (including phenoxy) is 1. The van der Waals surface area contributed by atoms with Crippen molar-refractivity contribution in [2.45, 2.75) is 155 Å². The van der Waals surface area contributed by atoms with Crippen molar-refractivity contribution in [1.29, 1.82) is 0 Å². The summed E-state index contributed by atoms with van der Waals surface area (Å²) in [5.41, 5.74) is 25.3. The van der Waals surface area contributed by atoms with Crippen molar-refractivity contribution in [3.05, 3.63) is 166 Å². The molecule has 9 amide bonds. The Morgan fingerprint density at radius 3 is 1.92 bits per heavy atom. The number of nitro groups is 1. The van der Waals surface area contributed by atoms with Crippen LogP contribution in [0.2, 0.25) is 0 Å². The van der Waals surface area contributed by atoms with Gasteiger partial charge in [0.2, 0.25) is 41.4 Å². The first-order chi connectivity index (χ1) is 46.5. The number of thioether (sulfide) groups is 1. The number of nitrogens with one attached hydrogen (secondary N) is 4. The van der Waals surface area contributed by atoms with E-state index < -0.39 is 158 Å². The normalized spacial score (nSPS) is 14.8. The molecule has 31 heteroatoms. The van der Waals surface area contributed by atoms with E-state index in [9.17, 15) is 52.4 Å². The lowest BCUT2D eigenvalue weighted by molar-refractivity contribution is -0.387. The number of para-hydroxylation sites is 1. The Bertz CT molecular complexity index is 3740. The molecule has 0 bridgehead atoms. The van der Waals surface area contributed by atoms with Crippen LogP contribution in [-0.4, -0.2) is 164 Å². The molecule has 0 aromatic heterocycles. The average molecular weight is 1410 g/mol. The Balaban J connectivity index is 1.36. The number of sulfonamides is 1. The highest BCUT2D eigenvalue weighted by Crippen LogP contribution is 2.35. The van der Waals surface area contributed by atoms with E-state index in [0.717, 1.165) is 26.5 Å². The molecule has 7 unspecified atom stereocenters. The van der Waals surface area contributed by atoms with E-state index in [1.165, 1.54) is 48.5 Å². The van der Waals surface area contributed by atoms with E-state index in [1.54, 1.807) is 91.9 Å². The molecule has 7 atom stereocenters. The second-order valence-electron chi connectivity index (χ2n) is 24.3. The van der Waals surface area contributed by atoms with Crippen molar-refractivity contribution in [3.8, 4) is 5.75 Å². The number of aryl methyl sites for hydroxylation is 1. The fourth-order valence-corrected chi connectivity index (χ4v) is 14.3. The molecule has 1 fully saturated rings. The van der Waals surface area contributed by atoms with Gasteiger partial charge < -0.3 is 58.9 Å². The molecular weight excluding hydrogens is 1330 g/mol. The number of unbranched alkanes of at least 4 members (excludes halogenated alkanes) is 1. The highest BCUT2D eigenvalue weighted by atomic mass is 32.2. The molecule has 5 aromatic carbocycles. The molecule has 1 aliphatic heterocycles. The molecule has 0 saturated carbocycles. The average Bonchev–Trinajstić information content (AvgIpc) is 1.24. The number of nitrogens with zero attached hydrogens (tertiary/aromatic N) is 4. The number of primary amides is 2.